The van der Waals surface area contributed by atoms with E-state index < -0.39 is 11.7 Å². The van der Waals surface area contributed by atoms with E-state index >= 15 is 0 Å². The highest BCUT2D eigenvalue weighted by molar-refractivity contribution is 6.11. The van der Waals surface area contributed by atoms with E-state index in [2.05, 4.69) is 6.58 Å². The van der Waals surface area contributed by atoms with Crippen LogP contribution in [0.2, 0.25) is 0 Å². The van der Waals surface area contributed by atoms with E-state index in [1.54, 1.807) is 17.0 Å². The number of ether oxygens (including phenoxy) is 1. The molecule has 1 spiro atoms. The quantitative estimate of drug-likeness (QED) is 0.599. The largest absolute Gasteiger partial charge is 0.430 e. The van der Waals surface area contributed by atoms with E-state index in [9.17, 15) is 9.59 Å². The summed E-state index contributed by atoms with van der Waals surface area (Å²) in [6.07, 6.45) is 0.281. The van der Waals surface area contributed by atoms with Crippen molar-refractivity contribution in [2.75, 3.05) is 4.90 Å². The number of carbonyl (C=O) groups is 2. The van der Waals surface area contributed by atoms with Crippen molar-refractivity contribution >= 4 is 17.6 Å². The van der Waals surface area contributed by atoms with Gasteiger partial charge in [-0.25, -0.2) is 4.79 Å². The summed E-state index contributed by atoms with van der Waals surface area (Å²) in [7, 11) is 0. The molecule has 0 unspecified atom stereocenters. The minimum absolute atomic E-state index is 0.212. The number of carbonyl (C=O) groups excluding carboxylic acids is 2. The number of hydrogen-bond donors (Lipinski definition) is 0. The summed E-state index contributed by atoms with van der Waals surface area (Å²) in [5.41, 5.74) is 1.24. The van der Waals surface area contributed by atoms with Crippen LogP contribution in [0.3, 0.4) is 0 Å². The molecule has 0 saturated carbocycles. The van der Waals surface area contributed by atoms with Gasteiger partial charge in [0.25, 0.3) is 5.91 Å². The monoisotopic (exact) mass is 291 g/mol. The van der Waals surface area contributed by atoms with Crippen LogP contribution in [-0.4, -0.2) is 11.9 Å². The van der Waals surface area contributed by atoms with Gasteiger partial charge in [-0.15, -0.1) is 0 Å². The molecule has 0 N–H and O–H groups in total. The molecule has 2 heterocycles. The smallest absolute Gasteiger partial charge is 0.341 e. The molecule has 4 rings (SSSR count). The van der Waals surface area contributed by atoms with E-state index in [0.717, 1.165) is 5.56 Å². The maximum Gasteiger partial charge on any atom is 0.341 e. The van der Waals surface area contributed by atoms with Crippen LogP contribution < -0.4 is 4.90 Å². The highest BCUT2D eigenvalue weighted by Gasteiger charge is 2.57. The SMILES string of the molecule is C=C1C[C@]2(OC(=O)c3ccccc32)N(c2ccccc2)C1=O. The predicted molar refractivity (Wildman–Crippen MR) is 81.2 cm³/mol. The Morgan fingerprint density at radius 1 is 1.00 bits per heavy atom. The molecule has 22 heavy (non-hydrogen) atoms. The van der Waals surface area contributed by atoms with Gasteiger partial charge in [0, 0.05) is 23.2 Å². The molecule has 4 nitrogen and oxygen atoms in total. The van der Waals surface area contributed by atoms with Gasteiger partial charge >= 0.3 is 5.97 Å². The first-order valence-corrected chi connectivity index (χ1v) is 7.04. The molecule has 1 atom stereocenters. The molecule has 108 valence electrons. The molecule has 1 amide bonds. The van der Waals surface area contributed by atoms with Crippen molar-refractivity contribution in [1.29, 1.82) is 0 Å². The van der Waals surface area contributed by atoms with Crippen molar-refractivity contribution in [2.24, 2.45) is 0 Å². The number of benzene rings is 2. The lowest BCUT2D eigenvalue weighted by molar-refractivity contribution is -0.116. The van der Waals surface area contributed by atoms with Gasteiger partial charge in [-0.3, -0.25) is 9.69 Å². The number of anilines is 1. The van der Waals surface area contributed by atoms with Crippen molar-refractivity contribution in [3.05, 3.63) is 77.9 Å². The first kappa shape index (κ1) is 12.8. The summed E-state index contributed by atoms with van der Waals surface area (Å²) in [4.78, 5) is 26.4. The van der Waals surface area contributed by atoms with Crippen LogP contribution >= 0.6 is 0 Å². The second-order valence-corrected chi connectivity index (χ2v) is 5.48. The first-order valence-electron chi connectivity index (χ1n) is 7.04. The third-order valence-electron chi connectivity index (χ3n) is 4.16. The second-order valence-electron chi connectivity index (χ2n) is 5.48. The van der Waals surface area contributed by atoms with Gasteiger partial charge in [0.2, 0.25) is 5.72 Å². The maximum absolute atomic E-state index is 12.6. The summed E-state index contributed by atoms with van der Waals surface area (Å²) in [6.45, 7) is 3.85. The van der Waals surface area contributed by atoms with Crippen LogP contribution in [-0.2, 0) is 15.3 Å². The van der Waals surface area contributed by atoms with Gasteiger partial charge in [-0.2, -0.15) is 0 Å². The normalized spacial score (nSPS) is 23.1. The predicted octanol–water partition coefficient (Wildman–Crippen LogP) is 3.00. The number of nitrogens with zero attached hydrogens (tertiary/aromatic N) is 1. The van der Waals surface area contributed by atoms with Gasteiger partial charge in [-0.05, 0) is 18.2 Å². The summed E-state index contributed by atoms with van der Waals surface area (Å²) < 4.78 is 5.69. The Bertz CT molecular complexity index is 812. The molecule has 2 aliphatic heterocycles. The Kier molecular flexibility index (Phi) is 2.51. The fourth-order valence-corrected chi connectivity index (χ4v) is 3.23. The van der Waals surface area contributed by atoms with Gasteiger partial charge in [-0.1, -0.05) is 43.0 Å². The van der Waals surface area contributed by atoms with Gasteiger partial charge in [0.15, 0.2) is 0 Å². The molecule has 0 aromatic heterocycles. The highest BCUT2D eigenvalue weighted by atomic mass is 16.6. The molecular formula is C18H13NO3. The number of esters is 1. The molecule has 1 saturated heterocycles. The fraction of sp³-hybridized carbons (Fsp3) is 0.111. The summed E-state index contributed by atoms with van der Waals surface area (Å²) in [6, 6.07) is 16.4. The van der Waals surface area contributed by atoms with E-state index in [-0.39, 0.29) is 12.3 Å². The molecule has 0 aliphatic carbocycles. The minimum Gasteiger partial charge on any atom is -0.430 e. The third-order valence-corrected chi connectivity index (χ3v) is 4.16. The number of hydrogen-bond acceptors (Lipinski definition) is 3. The molecule has 2 aromatic carbocycles. The molecule has 0 radical (unpaired) electrons. The molecule has 1 fully saturated rings. The van der Waals surface area contributed by atoms with E-state index in [1.165, 1.54) is 0 Å². The summed E-state index contributed by atoms with van der Waals surface area (Å²) in [5, 5.41) is 0. The number of fused-ring (bicyclic) bond motifs is 2. The van der Waals surface area contributed by atoms with E-state index in [1.807, 2.05) is 42.5 Å². The Morgan fingerprint density at radius 2 is 1.68 bits per heavy atom. The van der Waals surface area contributed by atoms with Crippen LogP contribution in [0.4, 0.5) is 5.69 Å². The summed E-state index contributed by atoms with van der Waals surface area (Å²) >= 11 is 0. The molecule has 2 aliphatic rings. The lowest BCUT2D eigenvalue weighted by atomic mass is 9.96. The summed E-state index contributed by atoms with van der Waals surface area (Å²) in [5.74, 6) is -0.616. The van der Waals surface area contributed by atoms with Crippen molar-refractivity contribution in [3.63, 3.8) is 0 Å². The van der Waals surface area contributed by atoms with Crippen molar-refractivity contribution in [1.82, 2.24) is 0 Å². The Hall–Kier alpha value is -2.88. The van der Waals surface area contributed by atoms with Crippen LogP contribution in [0.15, 0.2) is 66.7 Å². The van der Waals surface area contributed by atoms with Crippen molar-refractivity contribution < 1.29 is 14.3 Å². The molecule has 4 heteroatoms. The number of para-hydroxylation sites is 1. The second kappa shape index (κ2) is 4.31. The zero-order valence-corrected chi connectivity index (χ0v) is 11.8. The van der Waals surface area contributed by atoms with Crippen molar-refractivity contribution in [2.45, 2.75) is 12.1 Å². The van der Waals surface area contributed by atoms with Gasteiger partial charge in [0.1, 0.15) is 0 Å². The van der Waals surface area contributed by atoms with E-state index in [4.69, 9.17) is 4.74 Å². The molecular weight excluding hydrogens is 278 g/mol. The van der Waals surface area contributed by atoms with Crippen LogP contribution in [0, 0.1) is 0 Å². The standard InChI is InChI=1S/C18H13NO3/c1-12-11-18(15-10-6-5-9-14(15)17(21)22-18)19(16(12)20)13-7-3-2-4-8-13/h2-10H,1,11H2/t18-/m1/s1. The average molecular weight is 291 g/mol. The number of rotatable bonds is 1. The fourth-order valence-electron chi connectivity index (χ4n) is 3.23. The Balaban J connectivity index is 1.96. The molecule has 0 bridgehead atoms. The first-order chi connectivity index (χ1) is 10.6. The average Bonchev–Trinajstić information content (AvgIpc) is 2.95. The minimum atomic E-state index is -1.11. The van der Waals surface area contributed by atoms with E-state index in [0.29, 0.717) is 16.8 Å². The zero-order chi connectivity index (χ0) is 15.3. The highest BCUT2D eigenvalue weighted by Crippen LogP contribution is 2.50. The van der Waals surface area contributed by atoms with Crippen LogP contribution in [0.5, 0.6) is 0 Å². The maximum atomic E-state index is 12.6. The lowest BCUT2D eigenvalue weighted by Crippen LogP contribution is -2.43. The zero-order valence-electron chi connectivity index (χ0n) is 11.8. The third kappa shape index (κ3) is 1.52. The van der Waals surface area contributed by atoms with Crippen molar-refractivity contribution in [3.8, 4) is 0 Å². The van der Waals surface area contributed by atoms with Crippen LogP contribution in [0.1, 0.15) is 22.3 Å². The van der Waals surface area contributed by atoms with Gasteiger partial charge < -0.3 is 4.74 Å². The Morgan fingerprint density at radius 3 is 2.45 bits per heavy atom. The van der Waals surface area contributed by atoms with Gasteiger partial charge in [0.05, 0.1) is 5.56 Å². The topological polar surface area (TPSA) is 46.6 Å². The van der Waals surface area contributed by atoms with Crippen LogP contribution in [0.25, 0.3) is 0 Å². The lowest BCUT2D eigenvalue weighted by Gasteiger charge is -2.33. The number of amides is 1. The Labute approximate surface area is 127 Å². The molecule has 2 aromatic rings.